The maximum absolute atomic E-state index is 11.0. The lowest BCUT2D eigenvalue weighted by Crippen LogP contribution is -2.27. The molecule has 0 saturated carbocycles. The number of carbonyl (C=O) groups is 1. The minimum Gasteiger partial charge on any atom is -0.468 e. The van der Waals surface area contributed by atoms with Crippen LogP contribution in [-0.4, -0.2) is 36.6 Å². The van der Waals surface area contributed by atoms with Crippen LogP contribution in [-0.2, 0) is 9.53 Å². The quantitative estimate of drug-likeness (QED) is 0.423. The topological polar surface area (TPSA) is 85.6 Å². The van der Waals surface area contributed by atoms with Crippen LogP contribution in [0.15, 0.2) is 18.3 Å². The summed E-state index contributed by atoms with van der Waals surface area (Å²) in [6.45, 7) is -0.00926. The van der Waals surface area contributed by atoms with Crippen LogP contribution in [0.2, 0.25) is 0 Å². The third kappa shape index (κ3) is 2.91. The summed E-state index contributed by atoms with van der Waals surface area (Å²) < 4.78 is 4.48. The van der Waals surface area contributed by atoms with E-state index in [0.29, 0.717) is 5.82 Å². The molecule has 0 aromatic carbocycles. The van der Waals surface area contributed by atoms with E-state index in [2.05, 4.69) is 9.72 Å². The maximum Gasteiger partial charge on any atom is 0.325 e. The summed E-state index contributed by atoms with van der Waals surface area (Å²) in [5.74, 6) is -0.0876. The molecule has 1 aromatic heterocycles. The lowest BCUT2D eigenvalue weighted by molar-refractivity contribution is -0.384. The summed E-state index contributed by atoms with van der Waals surface area (Å²) in [6, 6.07) is 2.58. The van der Waals surface area contributed by atoms with Gasteiger partial charge in [0.05, 0.1) is 18.1 Å². The van der Waals surface area contributed by atoms with E-state index in [1.807, 2.05) is 0 Å². The third-order valence-corrected chi connectivity index (χ3v) is 1.92. The van der Waals surface area contributed by atoms with E-state index in [0.717, 1.165) is 0 Å². The Morgan fingerprint density at radius 3 is 2.94 bits per heavy atom. The molecule has 1 rings (SSSR count). The van der Waals surface area contributed by atoms with Crippen LogP contribution >= 0.6 is 0 Å². The van der Waals surface area contributed by atoms with E-state index in [9.17, 15) is 14.9 Å². The van der Waals surface area contributed by atoms with Crippen LogP contribution in [0.3, 0.4) is 0 Å². The Bertz CT molecular complexity index is 407. The van der Waals surface area contributed by atoms with Crippen LogP contribution in [0, 0.1) is 10.1 Å². The predicted octanol–water partition coefficient (Wildman–Crippen LogP) is 0.599. The second-order valence-electron chi connectivity index (χ2n) is 3.06. The SMILES string of the molecule is COC(=O)CN(C)c1cc([N+](=O)[O-])ccn1. The first-order valence-corrected chi connectivity index (χ1v) is 4.43. The molecule has 0 amide bonds. The average Bonchev–Trinajstić information content (AvgIpc) is 2.28. The van der Waals surface area contributed by atoms with Crippen molar-refractivity contribution in [3.05, 3.63) is 28.4 Å². The first kappa shape index (κ1) is 11.9. The predicted molar refractivity (Wildman–Crippen MR) is 56.2 cm³/mol. The standard InChI is InChI=1S/C9H11N3O4/c1-11(6-9(13)16-2)8-5-7(12(14)15)3-4-10-8/h3-5H,6H2,1-2H3. The van der Waals surface area contributed by atoms with Gasteiger partial charge in [-0.15, -0.1) is 0 Å². The molecule has 16 heavy (non-hydrogen) atoms. The number of carbonyl (C=O) groups excluding carboxylic acids is 1. The second kappa shape index (κ2) is 5.06. The van der Waals surface area contributed by atoms with Gasteiger partial charge in [0.2, 0.25) is 0 Å². The highest BCUT2D eigenvalue weighted by molar-refractivity contribution is 5.75. The van der Waals surface area contributed by atoms with Gasteiger partial charge in [-0.3, -0.25) is 14.9 Å². The van der Waals surface area contributed by atoms with E-state index in [-0.39, 0.29) is 12.2 Å². The van der Waals surface area contributed by atoms with Crippen molar-refractivity contribution in [3.8, 4) is 0 Å². The molecule has 0 fully saturated rings. The molecule has 0 aliphatic rings. The van der Waals surface area contributed by atoms with E-state index in [1.165, 1.54) is 30.3 Å². The molecule has 0 spiro atoms. The summed E-state index contributed by atoms with van der Waals surface area (Å²) in [6.07, 6.45) is 1.32. The van der Waals surface area contributed by atoms with Crippen LogP contribution < -0.4 is 4.90 Å². The van der Waals surface area contributed by atoms with Crippen LogP contribution in [0.4, 0.5) is 11.5 Å². The molecule has 1 heterocycles. The van der Waals surface area contributed by atoms with Crippen LogP contribution in [0.25, 0.3) is 0 Å². The lowest BCUT2D eigenvalue weighted by atomic mass is 10.4. The Labute approximate surface area is 91.8 Å². The van der Waals surface area contributed by atoms with Gasteiger partial charge in [0.15, 0.2) is 0 Å². The number of likely N-dealkylation sites (N-methyl/N-ethyl adjacent to an activating group) is 1. The molecule has 0 N–H and O–H groups in total. The zero-order valence-electron chi connectivity index (χ0n) is 8.91. The van der Waals surface area contributed by atoms with Crippen molar-refractivity contribution in [2.75, 3.05) is 25.6 Å². The fourth-order valence-electron chi connectivity index (χ4n) is 1.07. The molecular formula is C9H11N3O4. The average molecular weight is 225 g/mol. The van der Waals surface area contributed by atoms with Gasteiger partial charge in [0.25, 0.3) is 5.69 Å². The van der Waals surface area contributed by atoms with Crippen molar-refractivity contribution in [1.82, 2.24) is 4.98 Å². The molecule has 7 nitrogen and oxygen atoms in total. The number of hydrogen-bond donors (Lipinski definition) is 0. The molecular weight excluding hydrogens is 214 g/mol. The molecule has 0 atom stereocenters. The van der Waals surface area contributed by atoms with Gasteiger partial charge in [-0.25, -0.2) is 4.98 Å². The number of methoxy groups -OCH3 is 1. The monoisotopic (exact) mass is 225 g/mol. The maximum atomic E-state index is 11.0. The smallest absolute Gasteiger partial charge is 0.325 e. The van der Waals surface area contributed by atoms with Crippen molar-refractivity contribution < 1.29 is 14.5 Å². The molecule has 0 radical (unpaired) electrons. The minimum absolute atomic E-state index is 0.00926. The van der Waals surface area contributed by atoms with Gasteiger partial charge >= 0.3 is 5.97 Å². The number of nitro groups is 1. The Morgan fingerprint density at radius 1 is 1.69 bits per heavy atom. The highest BCUT2D eigenvalue weighted by atomic mass is 16.6. The molecule has 86 valence electrons. The first-order valence-electron chi connectivity index (χ1n) is 4.43. The van der Waals surface area contributed by atoms with Crippen molar-refractivity contribution in [2.24, 2.45) is 0 Å². The number of pyridine rings is 1. The van der Waals surface area contributed by atoms with E-state index >= 15 is 0 Å². The van der Waals surface area contributed by atoms with Gasteiger partial charge in [0, 0.05) is 19.3 Å². The summed E-state index contributed by atoms with van der Waals surface area (Å²) in [4.78, 5) is 26.4. The zero-order valence-corrected chi connectivity index (χ0v) is 8.91. The van der Waals surface area contributed by atoms with E-state index in [4.69, 9.17) is 0 Å². The van der Waals surface area contributed by atoms with Gasteiger partial charge in [-0.05, 0) is 0 Å². The zero-order chi connectivity index (χ0) is 12.1. The lowest BCUT2D eigenvalue weighted by Gasteiger charge is -2.15. The minimum atomic E-state index is -0.517. The summed E-state index contributed by atoms with van der Waals surface area (Å²) in [7, 11) is 2.88. The number of nitrogens with zero attached hydrogens (tertiary/aromatic N) is 3. The van der Waals surface area contributed by atoms with Crippen molar-refractivity contribution in [1.29, 1.82) is 0 Å². The third-order valence-electron chi connectivity index (χ3n) is 1.92. The number of anilines is 1. The molecule has 0 aliphatic carbocycles. The Kier molecular flexibility index (Phi) is 3.76. The van der Waals surface area contributed by atoms with Crippen molar-refractivity contribution >= 4 is 17.5 Å². The number of aromatic nitrogens is 1. The van der Waals surface area contributed by atoms with Gasteiger partial charge in [-0.1, -0.05) is 0 Å². The number of ether oxygens (including phenoxy) is 1. The highest BCUT2D eigenvalue weighted by Crippen LogP contribution is 2.16. The van der Waals surface area contributed by atoms with Gasteiger partial charge in [0.1, 0.15) is 12.4 Å². The number of esters is 1. The first-order chi connectivity index (χ1) is 7.54. The van der Waals surface area contributed by atoms with Crippen molar-refractivity contribution in [2.45, 2.75) is 0 Å². The summed E-state index contributed by atoms with van der Waals surface area (Å²) >= 11 is 0. The van der Waals surface area contributed by atoms with E-state index < -0.39 is 10.9 Å². The molecule has 0 bridgehead atoms. The number of rotatable bonds is 4. The Morgan fingerprint density at radius 2 is 2.38 bits per heavy atom. The van der Waals surface area contributed by atoms with Crippen LogP contribution in [0.5, 0.6) is 0 Å². The van der Waals surface area contributed by atoms with Gasteiger partial charge < -0.3 is 9.64 Å². The summed E-state index contributed by atoms with van der Waals surface area (Å²) in [5, 5.41) is 10.5. The van der Waals surface area contributed by atoms with Crippen molar-refractivity contribution in [3.63, 3.8) is 0 Å². The molecule has 1 aromatic rings. The molecule has 7 heteroatoms. The molecule has 0 unspecified atom stereocenters. The second-order valence-corrected chi connectivity index (χ2v) is 3.06. The Balaban J connectivity index is 2.83. The van der Waals surface area contributed by atoms with E-state index in [1.54, 1.807) is 7.05 Å². The van der Waals surface area contributed by atoms with Gasteiger partial charge in [-0.2, -0.15) is 0 Å². The fourth-order valence-corrected chi connectivity index (χ4v) is 1.07. The number of hydrogen-bond acceptors (Lipinski definition) is 6. The Hall–Kier alpha value is -2.18. The van der Waals surface area contributed by atoms with Crippen LogP contribution in [0.1, 0.15) is 0 Å². The molecule has 0 aliphatic heterocycles. The highest BCUT2D eigenvalue weighted by Gasteiger charge is 2.12. The largest absolute Gasteiger partial charge is 0.468 e. The molecule has 0 saturated heterocycles. The normalized spacial score (nSPS) is 9.62. The fraction of sp³-hybridized carbons (Fsp3) is 0.333. The summed E-state index contributed by atoms with van der Waals surface area (Å²) in [5.41, 5.74) is -0.0679.